The molecule has 5 heteroatoms. The number of nitrogens with one attached hydrogen (secondary N) is 1. The summed E-state index contributed by atoms with van der Waals surface area (Å²) in [6, 6.07) is 0. The minimum Gasteiger partial charge on any atom is -0.444 e. The summed E-state index contributed by atoms with van der Waals surface area (Å²) in [4.78, 5) is 23.1. The Labute approximate surface area is 134 Å². The molecule has 1 amide bonds. The van der Waals surface area contributed by atoms with E-state index in [0.717, 1.165) is 12.8 Å². The summed E-state index contributed by atoms with van der Waals surface area (Å²) >= 11 is 0. The molecule has 0 aliphatic carbocycles. The molecule has 22 heavy (non-hydrogen) atoms. The molecule has 0 saturated carbocycles. The normalized spacial score (nSPS) is 12.8. The van der Waals surface area contributed by atoms with Crippen molar-refractivity contribution in [3.63, 3.8) is 0 Å². The number of alkyl carbamates (subject to hydrolysis) is 1. The number of Topliss-reactive ketones (excluding diaryl/α,β-unsaturated/α-hetero) is 1. The molecule has 0 saturated heterocycles. The number of aliphatic hydroxyl groups excluding tert-OH is 1. The first kappa shape index (κ1) is 20.9. The van der Waals surface area contributed by atoms with Crippen molar-refractivity contribution in [1.29, 1.82) is 0 Å². The Morgan fingerprint density at radius 2 is 1.77 bits per heavy atom. The van der Waals surface area contributed by atoms with Crippen LogP contribution in [0.1, 0.15) is 79.1 Å². The van der Waals surface area contributed by atoms with Crippen molar-refractivity contribution >= 4 is 11.9 Å². The number of ketones is 1. The first-order chi connectivity index (χ1) is 10.2. The molecule has 0 bridgehead atoms. The van der Waals surface area contributed by atoms with Crippen LogP contribution in [-0.2, 0) is 9.53 Å². The summed E-state index contributed by atoms with van der Waals surface area (Å²) in [7, 11) is 0. The van der Waals surface area contributed by atoms with E-state index in [1.54, 1.807) is 20.8 Å². The van der Waals surface area contributed by atoms with Crippen LogP contribution in [0, 0.1) is 0 Å². The van der Waals surface area contributed by atoms with Crippen molar-refractivity contribution in [3.8, 4) is 0 Å². The average Bonchev–Trinajstić information content (AvgIpc) is 2.36. The zero-order chi connectivity index (χ0) is 17.0. The lowest BCUT2D eigenvalue weighted by Crippen LogP contribution is -2.34. The number of amides is 1. The second kappa shape index (κ2) is 11.5. The van der Waals surface area contributed by atoms with Crippen molar-refractivity contribution in [1.82, 2.24) is 5.32 Å². The number of carbonyl (C=O) groups excluding carboxylic acids is 2. The van der Waals surface area contributed by atoms with Gasteiger partial charge in [0.1, 0.15) is 11.4 Å². The number of hydrogen-bond donors (Lipinski definition) is 2. The lowest BCUT2D eigenvalue weighted by Gasteiger charge is -2.20. The molecule has 0 aromatic heterocycles. The molecule has 1 unspecified atom stereocenters. The second-order valence-electron chi connectivity index (χ2n) is 6.78. The highest BCUT2D eigenvalue weighted by Gasteiger charge is 2.16. The highest BCUT2D eigenvalue weighted by Crippen LogP contribution is 2.09. The lowest BCUT2D eigenvalue weighted by atomic mass is 10.0. The number of ether oxygens (including phenoxy) is 1. The Balaban J connectivity index is 3.65. The van der Waals surface area contributed by atoms with E-state index in [1.807, 2.05) is 0 Å². The molecule has 0 spiro atoms. The standard InChI is InChI=1S/C17H33NO4/c1-5-6-7-8-9-10-14(19)13-15(20)11-12-18-16(21)22-17(2,3)4/h15,20H,5-13H2,1-4H3,(H,18,21). The van der Waals surface area contributed by atoms with Gasteiger partial charge in [-0.05, 0) is 33.6 Å². The van der Waals surface area contributed by atoms with Gasteiger partial charge < -0.3 is 15.2 Å². The van der Waals surface area contributed by atoms with Gasteiger partial charge in [0, 0.05) is 19.4 Å². The molecule has 5 nitrogen and oxygen atoms in total. The van der Waals surface area contributed by atoms with E-state index in [9.17, 15) is 14.7 Å². The third-order valence-electron chi connectivity index (χ3n) is 3.17. The second-order valence-corrected chi connectivity index (χ2v) is 6.78. The van der Waals surface area contributed by atoms with Gasteiger partial charge >= 0.3 is 6.09 Å². The van der Waals surface area contributed by atoms with Gasteiger partial charge in [-0.2, -0.15) is 0 Å². The Morgan fingerprint density at radius 1 is 1.14 bits per heavy atom. The first-order valence-electron chi connectivity index (χ1n) is 8.41. The summed E-state index contributed by atoms with van der Waals surface area (Å²) < 4.78 is 5.09. The molecular formula is C17H33NO4. The maximum Gasteiger partial charge on any atom is 0.407 e. The molecule has 0 aliphatic heterocycles. The summed E-state index contributed by atoms with van der Waals surface area (Å²) in [6.45, 7) is 7.84. The molecule has 0 aromatic rings. The quantitative estimate of drug-likeness (QED) is 0.571. The first-order valence-corrected chi connectivity index (χ1v) is 8.41. The molecule has 0 aliphatic rings. The number of rotatable bonds is 11. The molecule has 0 fully saturated rings. The predicted octanol–water partition coefficient (Wildman–Crippen LogP) is 3.58. The topological polar surface area (TPSA) is 75.6 Å². The average molecular weight is 315 g/mol. The largest absolute Gasteiger partial charge is 0.444 e. The van der Waals surface area contributed by atoms with Gasteiger partial charge in [-0.25, -0.2) is 4.79 Å². The van der Waals surface area contributed by atoms with Crippen LogP contribution in [-0.4, -0.2) is 35.2 Å². The van der Waals surface area contributed by atoms with Gasteiger partial charge in [0.15, 0.2) is 0 Å². The van der Waals surface area contributed by atoms with Crippen LogP contribution in [0.15, 0.2) is 0 Å². The van der Waals surface area contributed by atoms with E-state index < -0.39 is 17.8 Å². The van der Waals surface area contributed by atoms with Crippen molar-refractivity contribution in [2.45, 2.75) is 90.8 Å². The van der Waals surface area contributed by atoms with Crippen molar-refractivity contribution in [2.75, 3.05) is 6.54 Å². The maximum atomic E-state index is 11.7. The van der Waals surface area contributed by atoms with Crippen molar-refractivity contribution in [2.24, 2.45) is 0 Å². The fourth-order valence-corrected chi connectivity index (χ4v) is 2.05. The molecule has 0 heterocycles. The zero-order valence-electron chi connectivity index (χ0n) is 14.6. The van der Waals surface area contributed by atoms with Crippen LogP contribution in [0.25, 0.3) is 0 Å². The van der Waals surface area contributed by atoms with E-state index in [2.05, 4.69) is 12.2 Å². The van der Waals surface area contributed by atoms with Crippen molar-refractivity contribution < 1.29 is 19.4 Å². The maximum absolute atomic E-state index is 11.7. The van der Waals surface area contributed by atoms with E-state index >= 15 is 0 Å². The van der Waals surface area contributed by atoms with E-state index in [4.69, 9.17) is 4.74 Å². The molecule has 0 radical (unpaired) electrons. The lowest BCUT2D eigenvalue weighted by molar-refractivity contribution is -0.121. The van der Waals surface area contributed by atoms with Crippen LogP contribution in [0.2, 0.25) is 0 Å². The minimum absolute atomic E-state index is 0.0984. The molecule has 0 aromatic carbocycles. The Morgan fingerprint density at radius 3 is 2.36 bits per heavy atom. The summed E-state index contributed by atoms with van der Waals surface area (Å²) in [5, 5.41) is 12.4. The van der Waals surface area contributed by atoms with Crippen LogP contribution < -0.4 is 5.32 Å². The van der Waals surface area contributed by atoms with Gasteiger partial charge in [0.05, 0.1) is 6.10 Å². The third-order valence-corrected chi connectivity index (χ3v) is 3.17. The molecule has 0 rings (SSSR count). The van der Waals surface area contributed by atoms with E-state index in [1.165, 1.54) is 19.3 Å². The highest BCUT2D eigenvalue weighted by atomic mass is 16.6. The fraction of sp³-hybridized carbons (Fsp3) is 0.882. The number of aliphatic hydroxyl groups is 1. The SMILES string of the molecule is CCCCCCCC(=O)CC(O)CCNC(=O)OC(C)(C)C. The molecular weight excluding hydrogens is 282 g/mol. The summed E-state index contributed by atoms with van der Waals surface area (Å²) in [6.07, 6.45) is 5.44. The van der Waals surface area contributed by atoms with Crippen LogP contribution in [0.4, 0.5) is 4.79 Å². The van der Waals surface area contributed by atoms with Gasteiger partial charge in [-0.15, -0.1) is 0 Å². The van der Waals surface area contributed by atoms with Crippen LogP contribution in [0.5, 0.6) is 0 Å². The summed E-state index contributed by atoms with van der Waals surface area (Å²) in [5.41, 5.74) is -0.531. The van der Waals surface area contributed by atoms with Gasteiger partial charge in [0.25, 0.3) is 0 Å². The molecule has 2 N–H and O–H groups in total. The molecule has 1 atom stereocenters. The van der Waals surface area contributed by atoms with Crippen molar-refractivity contribution in [3.05, 3.63) is 0 Å². The number of hydrogen-bond acceptors (Lipinski definition) is 4. The number of unbranched alkanes of at least 4 members (excludes halogenated alkanes) is 4. The zero-order valence-corrected chi connectivity index (χ0v) is 14.6. The highest BCUT2D eigenvalue weighted by molar-refractivity contribution is 5.78. The monoisotopic (exact) mass is 315 g/mol. The van der Waals surface area contributed by atoms with E-state index in [-0.39, 0.29) is 12.2 Å². The van der Waals surface area contributed by atoms with Crippen LogP contribution in [0.3, 0.4) is 0 Å². The summed E-state index contributed by atoms with van der Waals surface area (Å²) in [5.74, 6) is 0.0984. The Hall–Kier alpha value is -1.10. The Bertz CT molecular complexity index is 323. The Kier molecular flexibility index (Phi) is 10.9. The predicted molar refractivity (Wildman–Crippen MR) is 87.9 cm³/mol. The van der Waals surface area contributed by atoms with Gasteiger partial charge in [0.2, 0.25) is 0 Å². The minimum atomic E-state index is -0.696. The van der Waals surface area contributed by atoms with Gasteiger partial charge in [-0.1, -0.05) is 32.6 Å². The number of carbonyl (C=O) groups is 2. The van der Waals surface area contributed by atoms with E-state index in [0.29, 0.717) is 19.4 Å². The van der Waals surface area contributed by atoms with Crippen LogP contribution >= 0.6 is 0 Å². The van der Waals surface area contributed by atoms with Gasteiger partial charge in [-0.3, -0.25) is 4.79 Å². The third kappa shape index (κ3) is 13.9. The molecule has 130 valence electrons. The smallest absolute Gasteiger partial charge is 0.407 e. The fourth-order valence-electron chi connectivity index (χ4n) is 2.05.